The third kappa shape index (κ3) is 3.24. The lowest BCUT2D eigenvalue weighted by Crippen LogP contribution is -2.37. The molecule has 1 aliphatic heterocycles. The Bertz CT molecular complexity index is 922. The molecule has 1 aromatic heterocycles. The summed E-state index contributed by atoms with van der Waals surface area (Å²) in [5.74, 6) is 0. The van der Waals surface area contributed by atoms with Crippen LogP contribution in [0.5, 0.6) is 0 Å². The van der Waals surface area contributed by atoms with Gasteiger partial charge in [-0.3, -0.25) is 9.69 Å². The van der Waals surface area contributed by atoms with E-state index in [1.54, 1.807) is 6.07 Å². The van der Waals surface area contributed by atoms with Gasteiger partial charge in [-0.2, -0.15) is 0 Å². The number of aryl methyl sites for hydroxylation is 1. The summed E-state index contributed by atoms with van der Waals surface area (Å²) in [5.41, 5.74) is 3.64. The van der Waals surface area contributed by atoms with Crippen LogP contribution in [0.4, 0.5) is 0 Å². The molecule has 0 saturated carbocycles. The van der Waals surface area contributed by atoms with Crippen LogP contribution in [0.1, 0.15) is 30.0 Å². The molecule has 2 aromatic carbocycles. The predicted octanol–water partition coefficient (Wildman–Crippen LogP) is 4.15. The van der Waals surface area contributed by atoms with E-state index in [0.717, 1.165) is 43.6 Å². The standard InChI is InChI=1S/C22H24N2O/c1-17-15-22(25)24(21-10-6-5-9-20(17)21)19-11-13-23(14-12-19)16-18-7-3-2-4-8-18/h2-10,15,19H,11-14,16H2,1H3. The number of rotatable bonds is 3. The van der Waals surface area contributed by atoms with Crippen LogP contribution in [0.25, 0.3) is 10.9 Å². The van der Waals surface area contributed by atoms with E-state index in [0.29, 0.717) is 6.04 Å². The van der Waals surface area contributed by atoms with Gasteiger partial charge in [0.2, 0.25) is 0 Å². The summed E-state index contributed by atoms with van der Waals surface area (Å²) in [6, 6.07) is 21.0. The van der Waals surface area contributed by atoms with Gasteiger partial charge in [0.1, 0.15) is 0 Å². The highest BCUT2D eigenvalue weighted by Gasteiger charge is 2.22. The van der Waals surface area contributed by atoms with E-state index in [1.165, 1.54) is 10.9 Å². The summed E-state index contributed by atoms with van der Waals surface area (Å²) in [4.78, 5) is 15.2. The van der Waals surface area contributed by atoms with Gasteiger partial charge in [0, 0.05) is 37.1 Å². The average Bonchev–Trinajstić information content (AvgIpc) is 2.64. The normalized spacial score (nSPS) is 16.4. The molecule has 1 saturated heterocycles. The lowest BCUT2D eigenvalue weighted by molar-refractivity contribution is 0.180. The third-order valence-corrected chi connectivity index (χ3v) is 5.34. The van der Waals surface area contributed by atoms with Crippen LogP contribution in [0.3, 0.4) is 0 Å². The Labute approximate surface area is 148 Å². The highest BCUT2D eigenvalue weighted by Crippen LogP contribution is 2.26. The molecule has 0 unspecified atom stereocenters. The van der Waals surface area contributed by atoms with Crippen molar-refractivity contribution in [3.63, 3.8) is 0 Å². The molecule has 4 rings (SSSR count). The van der Waals surface area contributed by atoms with Gasteiger partial charge < -0.3 is 4.57 Å². The molecule has 0 bridgehead atoms. The lowest BCUT2D eigenvalue weighted by atomic mass is 10.0. The molecule has 0 spiro atoms. The Morgan fingerprint density at radius 1 is 0.960 bits per heavy atom. The van der Waals surface area contributed by atoms with Crippen molar-refractivity contribution in [2.24, 2.45) is 0 Å². The maximum Gasteiger partial charge on any atom is 0.251 e. The Morgan fingerprint density at radius 3 is 2.40 bits per heavy atom. The summed E-state index contributed by atoms with van der Waals surface area (Å²) < 4.78 is 2.03. The second-order valence-electron chi connectivity index (χ2n) is 7.05. The Hall–Kier alpha value is -2.39. The summed E-state index contributed by atoms with van der Waals surface area (Å²) in [7, 11) is 0. The van der Waals surface area contributed by atoms with Crippen molar-refractivity contribution in [2.45, 2.75) is 32.4 Å². The Kier molecular flexibility index (Phi) is 4.41. The maximum atomic E-state index is 12.7. The van der Waals surface area contributed by atoms with E-state index in [-0.39, 0.29) is 5.56 Å². The van der Waals surface area contributed by atoms with Crippen LogP contribution in [-0.2, 0) is 6.54 Å². The molecule has 128 valence electrons. The Morgan fingerprint density at radius 2 is 1.64 bits per heavy atom. The molecule has 1 aliphatic rings. The number of para-hydroxylation sites is 1. The maximum absolute atomic E-state index is 12.7. The van der Waals surface area contributed by atoms with Crippen LogP contribution in [0.15, 0.2) is 65.5 Å². The summed E-state index contributed by atoms with van der Waals surface area (Å²) in [6.07, 6.45) is 2.06. The molecule has 25 heavy (non-hydrogen) atoms. The quantitative estimate of drug-likeness (QED) is 0.720. The second-order valence-corrected chi connectivity index (χ2v) is 7.05. The fraction of sp³-hybridized carbons (Fsp3) is 0.318. The summed E-state index contributed by atoms with van der Waals surface area (Å²) >= 11 is 0. The van der Waals surface area contributed by atoms with E-state index in [2.05, 4.69) is 47.4 Å². The lowest BCUT2D eigenvalue weighted by Gasteiger charge is -2.33. The van der Waals surface area contributed by atoms with Crippen molar-refractivity contribution in [3.8, 4) is 0 Å². The average molecular weight is 332 g/mol. The van der Waals surface area contributed by atoms with Gasteiger partial charge in [0.15, 0.2) is 0 Å². The first-order valence-corrected chi connectivity index (χ1v) is 9.09. The van der Waals surface area contributed by atoms with Crippen LogP contribution in [0.2, 0.25) is 0 Å². The molecule has 2 heterocycles. The van der Waals surface area contributed by atoms with Gasteiger partial charge in [-0.15, -0.1) is 0 Å². The number of aromatic nitrogens is 1. The molecule has 3 aromatic rings. The van der Waals surface area contributed by atoms with Crippen molar-refractivity contribution < 1.29 is 0 Å². The molecule has 0 radical (unpaired) electrons. The molecule has 1 fully saturated rings. The van der Waals surface area contributed by atoms with Crippen molar-refractivity contribution in [1.82, 2.24) is 9.47 Å². The number of benzene rings is 2. The first kappa shape index (κ1) is 16.1. The molecule has 3 nitrogen and oxygen atoms in total. The van der Waals surface area contributed by atoms with E-state index in [9.17, 15) is 4.79 Å². The number of hydrogen-bond donors (Lipinski definition) is 0. The van der Waals surface area contributed by atoms with E-state index in [1.807, 2.05) is 23.6 Å². The minimum atomic E-state index is 0.137. The van der Waals surface area contributed by atoms with E-state index in [4.69, 9.17) is 0 Å². The second kappa shape index (κ2) is 6.85. The number of nitrogens with zero attached hydrogens (tertiary/aromatic N) is 2. The van der Waals surface area contributed by atoms with Crippen LogP contribution in [-0.4, -0.2) is 22.6 Å². The molecule has 3 heteroatoms. The largest absolute Gasteiger partial charge is 0.305 e. The van der Waals surface area contributed by atoms with E-state index < -0.39 is 0 Å². The smallest absolute Gasteiger partial charge is 0.251 e. The topological polar surface area (TPSA) is 25.2 Å². The van der Waals surface area contributed by atoms with Crippen molar-refractivity contribution in [1.29, 1.82) is 0 Å². The van der Waals surface area contributed by atoms with Gasteiger partial charge in [-0.05, 0) is 37.0 Å². The van der Waals surface area contributed by atoms with E-state index >= 15 is 0 Å². The van der Waals surface area contributed by atoms with Gasteiger partial charge in [0.05, 0.1) is 5.52 Å². The fourth-order valence-electron chi connectivity index (χ4n) is 4.02. The minimum absolute atomic E-state index is 0.137. The molecule has 0 amide bonds. The number of hydrogen-bond acceptors (Lipinski definition) is 2. The van der Waals surface area contributed by atoms with Gasteiger partial charge in [-0.25, -0.2) is 0 Å². The molecule has 0 atom stereocenters. The van der Waals surface area contributed by atoms with Crippen LogP contribution >= 0.6 is 0 Å². The number of pyridine rings is 1. The van der Waals surface area contributed by atoms with Crippen molar-refractivity contribution in [2.75, 3.05) is 13.1 Å². The van der Waals surface area contributed by atoms with Crippen LogP contribution in [0, 0.1) is 6.92 Å². The number of piperidine rings is 1. The minimum Gasteiger partial charge on any atom is -0.305 e. The number of fused-ring (bicyclic) bond motifs is 1. The third-order valence-electron chi connectivity index (χ3n) is 5.34. The summed E-state index contributed by atoms with van der Waals surface area (Å²) in [6.45, 7) is 5.09. The molecular weight excluding hydrogens is 308 g/mol. The zero-order chi connectivity index (χ0) is 17.2. The van der Waals surface area contributed by atoms with Gasteiger partial charge in [-0.1, -0.05) is 48.5 Å². The zero-order valence-electron chi connectivity index (χ0n) is 14.7. The first-order chi connectivity index (χ1) is 12.2. The Balaban J connectivity index is 1.55. The molecular formula is C22H24N2O. The molecule has 0 aliphatic carbocycles. The van der Waals surface area contributed by atoms with Crippen molar-refractivity contribution >= 4 is 10.9 Å². The fourth-order valence-corrected chi connectivity index (χ4v) is 4.02. The van der Waals surface area contributed by atoms with Crippen molar-refractivity contribution in [3.05, 3.63) is 82.1 Å². The molecule has 0 N–H and O–H groups in total. The highest BCUT2D eigenvalue weighted by molar-refractivity contribution is 5.82. The number of likely N-dealkylation sites (tertiary alicyclic amines) is 1. The van der Waals surface area contributed by atoms with Crippen LogP contribution < -0.4 is 5.56 Å². The first-order valence-electron chi connectivity index (χ1n) is 9.09. The summed E-state index contributed by atoms with van der Waals surface area (Å²) in [5, 5.41) is 1.19. The zero-order valence-corrected chi connectivity index (χ0v) is 14.7. The van der Waals surface area contributed by atoms with Gasteiger partial charge in [0.25, 0.3) is 5.56 Å². The highest BCUT2D eigenvalue weighted by atomic mass is 16.1. The SMILES string of the molecule is Cc1cc(=O)n(C2CCN(Cc3ccccc3)CC2)c2ccccc12. The monoisotopic (exact) mass is 332 g/mol. The van der Waals surface area contributed by atoms with Gasteiger partial charge >= 0.3 is 0 Å². The predicted molar refractivity (Wildman–Crippen MR) is 103 cm³/mol.